The molecule has 3 rings (SSSR count). The molecule has 0 unspecified atom stereocenters. The van der Waals surface area contributed by atoms with Crippen LogP contribution in [0.25, 0.3) is 0 Å². The van der Waals surface area contributed by atoms with Crippen LogP contribution in [0.3, 0.4) is 0 Å². The molecule has 0 radical (unpaired) electrons. The lowest BCUT2D eigenvalue weighted by molar-refractivity contribution is 0.460. The minimum atomic E-state index is -0.304. The number of hydrogen-bond acceptors (Lipinski definition) is 4. The molecular formula is C21H25FN6O. The zero-order valence-electron chi connectivity index (χ0n) is 16.4. The first-order valence-electron chi connectivity index (χ1n) is 9.61. The van der Waals surface area contributed by atoms with Gasteiger partial charge in [0, 0.05) is 44.3 Å². The molecule has 0 aliphatic heterocycles. The summed E-state index contributed by atoms with van der Waals surface area (Å²) < 4.78 is 20.6. The minimum Gasteiger partial charge on any atom is -0.439 e. The van der Waals surface area contributed by atoms with E-state index in [0.717, 1.165) is 37.6 Å². The molecule has 0 aliphatic carbocycles. The molecule has 29 heavy (non-hydrogen) atoms. The molecular weight excluding hydrogens is 371 g/mol. The van der Waals surface area contributed by atoms with E-state index in [4.69, 9.17) is 4.74 Å². The Hall–Kier alpha value is -3.42. The number of nitrogens with zero attached hydrogens (tertiary/aromatic N) is 4. The zero-order valence-corrected chi connectivity index (χ0v) is 16.4. The predicted molar refractivity (Wildman–Crippen MR) is 110 cm³/mol. The summed E-state index contributed by atoms with van der Waals surface area (Å²) in [4.78, 5) is 8.82. The molecule has 3 aromatic rings. The van der Waals surface area contributed by atoms with Crippen LogP contribution in [0.5, 0.6) is 11.6 Å². The van der Waals surface area contributed by atoms with Crippen LogP contribution < -0.4 is 15.4 Å². The summed E-state index contributed by atoms with van der Waals surface area (Å²) in [6.07, 6.45) is 6.35. The Balaban J connectivity index is 1.53. The van der Waals surface area contributed by atoms with Crippen molar-refractivity contribution < 1.29 is 9.13 Å². The molecule has 7 nitrogen and oxygen atoms in total. The SMILES string of the molecule is CCNC(=NCc1ccnc(Oc2ccc(F)cc2)c1)NCCCn1cccn1. The first-order valence-corrected chi connectivity index (χ1v) is 9.61. The number of benzene rings is 1. The molecule has 0 amide bonds. The molecule has 0 aliphatic rings. The Morgan fingerprint density at radius 2 is 2.03 bits per heavy atom. The highest BCUT2D eigenvalue weighted by Crippen LogP contribution is 2.20. The summed E-state index contributed by atoms with van der Waals surface area (Å²) in [6, 6.07) is 11.5. The normalized spacial score (nSPS) is 11.3. The molecule has 0 spiro atoms. The van der Waals surface area contributed by atoms with Crippen molar-refractivity contribution in [1.29, 1.82) is 0 Å². The van der Waals surface area contributed by atoms with Gasteiger partial charge < -0.3 is 15.4 Å². The Labute approximate surface area is 169 Å². The van der Waals surface area contributed by atoms with Gasteiger partial charge in [0.25, 0.3) is 0 Å². The van der Waals surface area contributed by atoms with E-state index in [2.05, 4.69) is 25.7 Å². The molecule has 2 heterocycles. The number of ether oxygens (including phenoxy) is 1. The van der Waals surface area contributed by atoms with Gasteiger partial charge in [0.05, 0.1) is 6.54 Å². The van der Waals surface area contributed by atoms with Crippen molar-refractivity contribution in [3.63, 3.8) is 0 Å². The fourth-order valence-corrected chi connectivity index (χ4v) is 2.62. The molecule has 2 aromatic heterocycles. The summed E-state index contributed by atoms with van der Waals surface area (Å²) in [5.74, 6) is 1.43. The lowest BCUT2D eigenvalue weighted by Crippen LogP contribution is -2.38. The Morgan fingerprint density at radius 1 is 1.17 bits per heavy atom. The predicted octanol–water partition coefficient (Wildman–Crippen LogP) is 3.35. The van der Waals surface area contributed by atoms with E-state index in [-0.39, 0.29) is 5.82 Å². The molecule has 8 heteroatoms. The highest BCUT2D eigenvalue weighted by Gasteiger charge is 2.02. The standard InChI is InChI=1S/C21H25FN6O/c1-2-23-21(25-10-3-13-28-14-4-11-27-28)26-16-17-9-12-24-20(15-17)29-19-7-5-18(22)6-8-19/h4-9,11-12,14-15H,2-3,10,13,16H2,1H3,(H2,23,25,26). The number of rotatable bonds is 9. The second-order valence-electron chi connectivity index (χ2n) is 6.30. The molecule has 0 fully saturated rings. The fraction of sp³-hybridized carbons (Fsp3) is 0.286. The zero-order chi connectivity index (χ0) is 20.3. The van der Waals surface area contributed by atoms with E-state index in [0.29, 0.717) is 18.2 Å². The number of aryl methyl sites for hydroxylation is 1. The van der Waals surface area contributed by atoms with Crippen molar-refractivity contribution in [2.24, 2.45) is 4.99 Å². The average Bonchev–Trinajstić information content (AvgIpc) is 3.25. The first-order chi connectivity index (χ1) is 14.2. The molecule has 0 saturated carbocycles. The third-order valence-corrected chi connectivity index (χ3v) is 4.01. The molecule has 0 saturated heterocycles. The van der Waals surface area contributed by atoms with Crippen LogP contribution in [-0.2, 0) is 13.1 Å². The van der Waals surface area contributed by atoms with Gasteiger partial charge >= 0.3 is 0 Å². The highest BCUT2D eigenvalue weighted by atomic mass is 19.1. The van der Waals surface area contributed by atoms with E-state index in [1.807, 2.05) is 36.0 Å². The maximum Gasteiger partial charge on any atom is 0.219 e. The van der Waals surface area contributed by atoms with Gasteiger partial charge in [-0.05, 0) is 55.3 Å². The van der Waals surface area contributed by atoms with Gasteiger partial charge in [-0.1, -0.05) is 0 Å². The number of pyridine rings is 1. The van der Waals surface area contributed by atoms with Crippen LogP contribution in [0.15, 0.2) is 66.0 Å². The maximum absolute atomic E-state index is 13.0. The van der Waals surface area contributed by atoms with Crippen molar-refractivity contribution in [3.05, 3.63) is 72.4 Å². The number of aromatic nitrogens is 3. The van der Waals surface area contributed by atoms with Gasteiger partial charge in [0.15, 0.2) is 5.96 Å². The van der Waals surface area contributed by atoms with Crippen LogP contribution in [0.1, 0.15) is 18.9 Å². The van der Waals surface area contributed by atoms with Crippen molar-refractivity contribution in [3.8, 4) is 11.6 Å². The summed E-state index contributed by atoms with van der Waals surface area (Å²) in [5.41, 5.74) is 0.964. The van der Waals surface area contributed by atoms with E-state index < -0.39 is 0 Å². The largest absolute Gasteiger partial charge is 0.439 e. The fourth-order valence-electron chi connectivity index (χ4n) is 2.62. The average molecular weight is 396 g/mol. The second-order valence-corrected chi connectivity index (χ2v) is 6.30. The lowest BCUT2D eigenvalue weighted by Gasteiger charge is -2.11. The Bertz CT molecular complexity index is 896. The summed E-state index contributed by atoms with van der Waals surface area (Å²) in [7, 11) is 0. The van der Waals surface area contributed by atoms with Crippen molar-refractivity contribution in [1.82, 2.24) is 25.4 Å². The van der Waals surface area contributed by atoms with Crippen LogP contribution >= 0.6 is 0 Å². The molecule has 152 valence electrons. The number of guanidine groups is 1. The van der Waals surface area contributed by atoms with Gasteiger partial charge in [0.2, 0.25) is 5.88 Å². The minimum absolute atomic E-state index is 0.304. The third kappa shape index (κ3) is 6.91. The Morgan fingerprint density at radius 3 is 2.79 bits per heavy atom. The van der Waals surface area contributed by atoms with E-state index in [1.165, 1.54) is 12.1 Å². The number of nitrogens with one attached hydrogen (secondary N) is 2. The van der Waals surface area contributed by atoms with Crippen LogP contribution in [0.4, 0.5) is 4.39 Å². The van der Waals surface area contributed by atoms with E-state index in [9.17, 15) is 4.39 Å². The third-order valence-electron chi connectivity index (χ3n) is 4.01. The van der Waals surface area contributed by atoms with Gasteiger partial charge in [-0.3, -0.25) is 4.68 Å². The maximum atomic E-state index is 13.0. The van der Waals surface area contributed by atoms with Gasteiger partial charge in [-0.25, -0.2) is 14.4 Å². The summed E-state index contributed by atoms with van der Waals surface area (Å²) in [6.45, 7) is 4.94. The van der Waals surface area contributed by atoms with Crippen molar-refractivity contribution >= 4 is 5.96 Å². The van der Waals surface area contributed by atoms with Gasteiger partial charge in [0.1, 0.15) is 11.6 Å². The van der Waals surface area contributed by atoms with Crippen LogP contribution in [0, 0.1) is 5.82 Å². The monoisotopic (exact) mass is 396 g/mol. The summed E-state index contributed by atoms with van der Waals surface area (Å²) in [5, 5.41) is 10.8. The number of halogens is 1. The Kier molecular flexibility index (Phi) is 7.56. The molecule has 1 aromatic carbocycles. The second kappa shape index (κ2) is 10.8. The van der Waals surface area contributed by atoms with Crippen LogP contribution in [0.2, 0.25) is 0 Å². The van der Waals surface area contributed by atoms with Crippen LogP contribution in [-0.4, -0.2) is 33.8 Å². The first kappa shape index (κ1) is 20.3. The molecule has 0 atom stereocenters. The number of aliphatic imine (C=N–C) groups is 1. The van der Waals surface area contributed by atoms with Crippen molar-refractivity contribution in [2.75, 3.05) is 13.1 Å². The van der Waals surface area contributed by atoms with E-state index >= 15 is 0 Å². The van der Waals surface area contributed by atoms with E-state index in [1.54, 1.807) is 24.5 Å². The summed E-state index contributed by atoms with van der Waals surface area (Å²) >= 11 is 0. The van der Waals surface area contributed by atoms with Gasteiger partial charge in [-0.15, -0.1) is 0 Å². The van der Waals surface area contributed by atoms with Gasteiger partial charge in [-0.2, -0.15) is 5.10 Å². The quantitative estimate of drug-likeness (QED) is 0.330. The lowest BCUT2D eigenvalue weighted by atomic mass is 10.2. The number of hydrogen-bond donors (Lipinski definition) is 2. The van der Waals surface area contributed by atoms with Crippen molar-refractivity contribution in [2.45, 2.75) is 26.4 Å². The molecule has 2 N–H and O–H groups in total. The topological polar surface area (TPSA) is 76.4 Å². The smallest absolute Gasteiger partial charge is 0.219 e. The highest BCUT2D eigenvalue weighted by molar-refractivity contribution is 5.79. The molecule has 0 bridgehead atoms.